The fourth-order valence-electron chi connectivity index (χ4n) is 3.43. The van der Waals surface area contributed by atoms with Crippen molar-refractivity contribution in [3.8, 4) is 0 Å². The molecule has 0 spiro atoms. The van der Waals surface area contributed by atoms with Gasteiger partial charge in [-0.05, 0) is 25.7 Å². The van der Waals surface area contributed by atoms with Gasteiger partial charge in [0.05, 0.1) is 24.0 Å². The van der Waals surface area contributed by atoms with Crippen LogP contribution in [-0.4, -0.2) is 35.0 Å². The Hall–Kier alpha value is -0.900. The molecule has 0 radical (unpaired) electrons. The minimum absolute atomic E-state index is 0.0419. The SMILES string of the molecule is O=C1C2C3CCC(O3)C2C(=O)N1C1CC1. The lowest BCUT2D eigenvalue weighted by Crippen LogP contribution is -2.35. The minimum atomic E-state index is -0.128. The maximum Gasteiger partial charge on any atom is 0.236 e. The van der Waals surface area contributed by atoms with E-state index in [1.165, 1.54) is 0 Å². The molecule has 4 unspecified atom stereocenters. The van der Waals surface area contributed by atoms with E-state index in [4.69, 9.17) is 4.74 Å². The molecule has 4 atom stereocenters. The van der Waals surface area contributed by atoms with Crippen molar-refractivity contribution in [1.82, 2.24) is 4.90 Å². The van der Waals surface area contributed by atoms with Crippen LogP contribution in [0.3, 0.4) is 0 Å². The van der Waals surface area contributed by atoms with Crippen LogP contribution in [-0.2, 0) is 14.3 Å². The van der Waals surface area contributed by atoms with Gasteiger partial charge in [-0.15, -0.1) is 0 Å². The first-order valence-corrected chi connectivity index (χ1v) is 5.80. The summed E-state index contributed by atoms with van der Waals surface area (Å²) < 4.78 is 5.66. The lowest BCUT2D eigenvalue weighted by molar-refractivity contribution is -0.143. The second-order valence-corrected chi connectivity index (χ2v) is 5.12. The third-order valence-electron chi connectivity index (χ3n) is 4.23. The van der Waals surface area contributed by atoms with Gasteiger partial charge in [-0.3, -0.25) is 14.5 Å². The fourth-order valence-corrected chi connectivity index (χ4v) is 3.43. The molecule has 0 aromatic rings. The average molecular weight is 207 g/mol. The first-order chi connectivity index (χ1) is 7.27. The summed E-state index contributed by atoms with van der Waals surface area (Å²) in [4.78, 5) is 25.7. The van der Waals surface area contributed by atoms with E-state index in [2.05, 4.69) is 0 Å². The van der Waals surface area contributed by atoms with Crippen molar-refractivity contribution >= 4 is 11.8 Å². The van der Waals surface area contributed by atoms with Crippen molar-refractivity contribution in [3.05, 3.63) is 0 Å². The monoisotopic (exact) mass is 207 g/mol. The van der Waals surface area contributed by atoms with Gasteiger partial charge >= 0.3 is 0 Å². The Morgan fingerprint density at radius 1 is 0.933 bits per heavy atom. The molecule has 0 aromatic carbocycles. The lowest BCUT2D eigenvalue weighted by Gasteiger charge is -2.16. The maximum absolute atomic E-state index is 12.1. The molecule has 1 saturated carbocycles. The average Bonchev–Trinajstić information content (AvgIpc) is 2.75. The summed E-state index contributed by atoms with van der Waals surface area (Å²) in [5.74, 6) is -0.145. The Morgan fingerprint density at radius 3 is 1.93 bits per heavy atom. The third-order valence-corrected chi connectivity index (χ3v) is 4.23. The first-order valence-electron chi connectivity index (χ1n) is 5.80. The Kier molecular flexibility index (Phi) is 1.34. The summed E-state index contributed by atoms with van der Waals surface area (Å²) in [5, 5.41) is 0. The summed E-state index contributed by atoms with van der Waals surface area (Å²) in [6.07, 6.45) is 4.02. The van der Waals surface area contributed by atoms with E-state index in [9.17, 15) is 9.59 Å². The molecule has 1 aliphatic carbocycles. The quantitative estimate of drug-likeness (QED) is 0.581. The van der Waals surface area contributed by atoms with Gasteiger partial charge in [-0.1, -0.05) is 0 Å². The van der Waals surface area contributed by atoms with Gasteiger partial charge in [0.1, 0.15) is 0 Å². The number of ether oxygens (including phenoxy) is 1. The van der Waals surface area contributed by atoms with Crippen LogP contribution in [0.15, 0.2) is 0 Å². The van der Waals surface area contributed by atoms with E-state index in [1.807, 2.05) is 0 Å². The fraction of sp³-hybridized carbons (Fsp3) is 0.818. The molecule has 4 aliphatic rings. The van der Waals surface area contributed by atoms with Gasteiger partial charge in [0.25, 0.3) is 0 Å². The highest BCUT2D eigenvalue weighted by Gasteiger charge is 2.64. The minimum Gasteiger partial charge on any atom is -0.373 e. The van der Waals surface area contributed by atoms with Crippen LogP contribution >= 0.6 is 0 Å². The molecule has 4 fully saturated rings. The molecule has 4 rings (SSSR count). The zero-order chi connectivity index (χ0) is 10.2. The molecular formula is C11H13NO3. The molecule has 2 bridgehead atoms. The zero-order valence-corrected chi connectivity index (χ0v) is 8.39. The number of rotatable bonds is 1. The third kappa shape index (κ3) is 0.869. The summed E-state index contributed by atoms with van der Waals surface area (Å²) in [7, 11) is 0. The highest BCUT2D eigenvalue weighted by atomic mass is 16.5. The molecule has 3 heterocycles. The molecule has 3 aliphatic heterocycles. The van der Waals surface area contributed by atoms with Gasteiger partial charge in [0, 0.05) is 6.04 Å². The molecule has 15 heavy (non-hydrogen) atoms. The topological polar surface area (TPSA) is 46.6 Å². The lowest BCUT2D eigenvalue weighted by atomic mass is 9.81. The van der Waals surface area contributed by atoms with E-state index in [-0.39, 0.29) is 41.9 Å². The van der Waals surface area contributed by atoms with Crippen molar-refractivity contribution in [1.29, 1.82) is 0 Å². The van der Waals surface area contributed by atoms with E-state index >= 15 is 0 Å². The number of likely N-dealkylation sites (tertiary alicyclic amines) is 1. The molecule has 0 aromatic heterocycles. The largest absolute Gasteiger partial charge is 0.373 e. The summed E-state index contributed by atoms with van der Waals surface area (Å²) in [6.45, 7) is 0. The number of carbonyl (C=O) groups is 2. The second kappa shape index (κ2) is 2.43. The molecular weight excluding hydrogens is 194 g/mol. The number of hydrogen-bond acceptors (Lipinski definition) is 3. The van der Waals surface area contributed by atoms with Crippen LogP contribution in [0.5, 0.6) is 0 Å². The van der Waals surface area contributed by atoms with Gasteiger partial charge < -0.3 is 4.74 Å². The van der Waals surface area contributed by atoms with E-state index in [1.54, 1.807) is 4.90 Å². The van der Waals surface area contributed by atoms with Gasteiger partial charge in [0.2, 0.25) is 11.8 Å². The van der Waals surface area contributed by atoms with Crippen LogP contribution in [0.4, 0.5) is 0 Å². The zero-order valence-electron chi connectivity index (χ0n) is 8.39. The molecule has 3 saturated heterocycles. The van der Waals surface area contributed by atoms with Crippen molar-refractivity contribution in [2.75, 3.05) is 0 Å². The smallest absolute Gasteiger partial charge is 0.236 e. The molecule has 80 valence electrons. The summed E-state index contributed by atoms with van der Waals surface area (Å²) >= 11 is 0. The first kappa shape index (κ1) is 8.28. The van der Waals surface area contributed by atoms with E-state index < -0.39 is 0 Å². The number of imide groups is 1. The maximum atomic E-state index is 12.1. The molecule has 4 heteroatoms. The van der Waals surface area contributed by atoms with E-state index in [0.717, 1.165) is 25.7 Å². The van der Waals surface area contributed by atoms with Crippen molar-refractivity contribution in [2.45, 2.75) is 43.9 Å². The van der Waals surface area contributed by atoms with Crippen molar-refractivity contribution in [3.63, 3.8) is 0 Å². The summed E-state index contributed by atoms with van der Waals surface area (Å²) in [6, 6.07) is 0.231. The van der Waals surface area contributed by atoms with Crippen LogP contribution in [0.2, 0.25) is 0 Å². The Labute approximate surface area is 87.6 Å². The number of fused-ring (bicyclic) bond motifs is 5. The number of amides is 2. The van der Waals surface area contributed by atoms with Crippen LogP contribution in [0, 0.1) is 11.8 Å². The summed E-state index contributed by atoms with van der Waals surface area (Å²) in [5.41, 5.74) is 0. The van der Waals surface area contributed by atoms with Gasteiger partial charge in [-0.2, -0.15) is 0 Å². The standard InChI is InChI=1S/C11H13NO3/c13-10-8-6-3-4-7(15-6)9(8)11(14)12(10)5-1-2-5/h5-9H,1-4H2. The number of hydrogen-bond donors (Lipinski definition) is 0. The normalized spacial score (nSPS) is 47.9. The van der Waals surface area contributed by atoms with Crippen LogP contribution in [0.25, 0.3) is 0 Å². The number of nitrogens with zero attached hydrogens (tertiary/aromatic N) is 1. The van der Waals surface area contributed by atoms with E-state index in [0.29, 0.717) is 0 Å². The van der Waals surface area contributed by atoms with Gasteiger partial charge in [0.15, 0.2) is 0 Å². The Bertz CT molecular complexity index is 335. The highest BCUT2D eigenvalue weighted by Crippen LogP contribution is 2.50. The van der Waals surface area contributed by atoms with Crippen molar-refractivity contribution < 1.29 is 14.3 Å². The Balaban J connectivity index is 1.74. The predicted molar refractivity (Wildman–Crippen MR) is 49.8 cm³/mol. The molecule has 0 N–H and O–H groups in total. The molecule has 4 nitrogen and oxygen atoms in total. The van der Waals surface area contributed by atoms with Gasteiger partial charge in [-0.25, -0.2) is 0 Å². The highest BCUT2D eigenvalue weighted by molar-refractivity contribution is 6.06. The van der Waals surface area contributed by atoms with Crippen LogP contribution in [0.1, 0.15) is 25.7 Å². The molecule has 2 amide bonds. The predicted octanol–water partition coefficient (Wildman–Crippen LogP) is 0.311. The second-order valence-electron chi connectivity index (χ2n) is 5.12. The Morgan fingerprint density at radius 2 is 1.47 bits per heavy atom. The van der Waals surface area contributed by atoms with Crippen LogP contribution < -0.4 is 0 Å². The number of carbonyl (C=O) groups excluding carboxylic acids is 2. The van der Waals surface area contributed by atoms with Crippen molar-refractivity contribution in [2.24, 2.45) is 11.8 Å².